The van der Waals surface area contributed by atoms with Gasteiger partial charge in [-0.05, 0) is 32.9 Å². The van der Waals surface area contributed by atoms with Crippen molar-refractivity contribution in [1.82, 2.24) is 10.6 Å². The van der Waals surface area contributed by atoms with Gasteiger partial charge in [0.25, 0.3) is 5.91 Å². The summed E-state index contributed by atoms with van der Waals surface area (Å²) in [5.41, 5.74) is 0.143. The van der Waals surface area contributed by atoms with Gasteiger partial charge < -0.3 is 10.1 Å². The van der Waals surface area contributed by atoms with Crippen LogP contribution in [-0.2, 0) is 20.3 Å². The van der Waals surface area contributed by atoms with Gasteiger partial charge in [-0.1, -0.05) is 19.1 Å². The maximum absolute atomic E-state index is 12.2. The van der Waals surface area contributed by atoms with Crippen molar-refractivity contribution in [3.8, 4) is 0 Å². The zero-order valence-electron chi connectivity index (χ0n) is 14.1. The molecule has 24 heavy (non-hydrogen) atoms. The van der Waals surface area contributed by atoms with Crippen LogP contribution < -0.4 is 10.6 Å². The molecule has 0 aromatic heterocycles. The van der Waals surface area contributed by atoms with Gasteiger partial charge in [0.15, 0.2) is 6.10 Å². The van der Waals surface area contributed by atoms with Crippen LogP contribution in [0.25, 0.3) is 0 Å². The van der Waals surface area contributed by atoms with Gasteiger partial charge in [0.2, 0.25) is 0 Å². The van der Waals surface area contributed by atoms with Crippen LogP contribution >= 0.6 is 0 Å². The molecule has 0 heterocycles. The molecule has 0 saturated heterocycles. The number of benzene rings is 1. The number of ether oxygens (including phenoxy) is 1. The van der Waals surface area contributed by atoms with Crippen molar-refractivity contribution in [3.63, 3.8) is 0 Å². The molecule has 1 aromatic carbocycles. The molecule has 0 radical (unpaired) electrons. The van der Waals surface area contributed by atoms with E-state index in [1.807, 2.05) is 0 Å². The summed E-state index contributed by atoms with van der Waals surface area (Å²) in [6.07, 6.45) is -1.17. The molecule has 7 nitrogen and oxygen atoms in total. The first kappa shape index (κ1) is 19.8. The fraction of sp³-hybridized carbons (Fsp3) is 0.438. The van der Waals surface area contributed by atoms with Crippen molar-refractivity contribution >= 4 is 28.7 Å². The molecule has 3 amide bonds. The highest BCUT2D eigenvalue weighted by Crippen LogP contribution is 2.15. The number of nitrogens with one attached hydrogen (secondary N) is 2. The molecule has 0 aliphatic rings. The highest BCUT2D eigenvalue weighted by atomic mass is 32.2. The van der Waals surface area contributed by atoms with E-state index in [1.54, 1.807) is 39.0 Å². The highest BCUT2D eigenvalue weighted by molar-refractivity contribution is 7.85. The van der Waals surface area contributed by atoms with E-state index in [2.05, 4.69) is 10.6 Å². The Hall–Kier alpha value is -2.22. The number of rotatable bonds is 6. The van der Waals surface area contributed by atoms with Crippen LogP contribution in [0.2, 0.25) is 0 Å². The second-order valence-corrected chi connectivity index (χ2v) is 7.00. The minimum Gasteiger partial charge on any atom is -0.449 e. The van der Waals surface area contributed by atoms with Crippen molar-refractivity contribution < 1.29 is 23.3 Å². The number of carbonyl (C=O) groups excluding carboxylic acids is 3. The highest BCUT2D eigenvalue weighted by Gasteiger charge is 2.23. The average molecular weight is 354 g/mol. The molecule has 8 heteroatoms. The summed E-state index contributed by atoms with van der Waals surface area (Å²) < 4.78 is 17.1. The van der Waals surface area contributed by atoms with E-state index < -0.39 is 34.8 Å². The van der Waals surface area contributed by atoms with E-state index in [4.69, 9.17) is 4.74 Å². The maximum atomic E-state index is 12.2. The number of esters is 1. The zero-order valence-corrected chi connectivity index (χ0v) is 14.9. The second kappa shape index (κ2) is 9.17. The number of carbonyl (C=O) groups is 3. The van der Waals surface area contributed by atoms with E-state index in [-0.39, 0.29) is 11.6 Å². The van der Waals surface area contributed by atoms with Gasteiger partial charge in [0, 0.05) is 11.8 Å². The molecule has 1 rings (SSSR count). The van der Waals surface area contributed by atoms with Crippen molar-refractivity contribution in [2.45, 2.75) is 44.7 Å². The molecule has 0 saturated carbocycles. The van der Waals surface area contributed by atoms with Gasteiger partial charge in [-0.2, -0.15) is 0 Å². The maximum Gasteiger partial charge on any atom is 0.340 e. The first-order valence-electron chi connectivity index (χ1n) is 7.56. The van der Waals surface area contributed by atoms with Crippen LogP contribution in [0.3, 0.4) is 0 Å². The normalized spacial score (nSPS) is 13.0. The lowest BCUT2D eigenvalue weighted by Gasteiger charge is -2.15. The molecule has 0 spiro atoms. The Morgan fingerprint density at radius 2 is 1.79 bits per heavy atom. The Labute approximate surface area is 143 Å². The molecular formula is C16H22N2O5S. The van der Waals surface area contributed by atoms with Gasteiger partial charge in [0.05, 0.1) is 21.3 Å². The summed E-state index contributed by atoms with van der Waals surface area (Å²) in [6, 6.07) is 5.56. The molecule has 0 unspecified atom stereocenters. The molecule has 2 atom stereocenters. The molecule has 132 valence electrons. The molecule has 0 fully saturated rings. The quantitative estimate of drug-likeness (QED) is 0.756. The van der Waals surface area contributed by atoms with Crippen LogP contribution in [0, 0.1) is 0 Å². The van der Waals surface area contributed by atoms with Gasteiger partial charge in [-0.15, -0.1) is 0 Å². The Bertz CT molecular complexity index is 645. The van der Waals surface area contributed by atoms with Crippen molar-refractivity contribution in [3.05, 3.63) is 29.8 Å². The molecule has 2 N–H and O–H groups in total. The molecule has 0 aliphatic heterocycles. The topological polar surface area (TPSA) is 102 Å². The number of hydrogen-bond donors (Lipinski definition) is 2. The van der Waals surface area contributed by atoms with E-state index >= 15 is 0 Å². The lowest BCUT2D eigenvalue weighted by atomic mass is 10.2. The molecular weight excluding hydrogens is 332 g/mol. The van der Waals surface area contributed by atoms with Crippen LogP contribution in [-0.4, -0.2) is 40.0 Å². The van der Waals surface area contributed by atoms with Gasteiger partial charge in [-0.25, -0.2) is 9.59 Å². The van der Waals surface area contributed by atoms with Crippen LogP contribution in [0.5, 0.6) is 0 Å². The molecule has 1 aromatic rings. The van der Waals surface area contributed by atoms with E-state index in [1.165, 1.54) is 13.0 Å². The van der Waals surface area contributed by atoms with Crippen LogP contribution in [0.1, 0.15) is 38.1 Å². The zero-order chi connectivity index (χ0) is 18.3. The number of hydrogen-bond acceptors (Lipinski definition) is 5. The molecule has 0 bridgehead atoms. The minimum atomic E-state index is -1.33. The van der Waals surface area contributed by atoms with Gasteiger partial charge in [0.1, 0.15) is 0 Å². The standard InChI is InChI=1S/C16H22N2O5S/c1-5-24(22)13-9-7-6-8-12(13)15(20)23-11(4)14(19)18-16(21)17-10(2)3/h6-11H,5H2,1-4H3,(H2,17,18,19,21)/t11-,24-/m0/s1. The van der Waals surface area contributed by atoms with Crippen molar-refractivity contribution in [1.29, 1.82) is 0 Å². The van der Waals surface area contributed by atoms with Crippen LogP contribution in [0.4, 0.5) is 4.79 Å². The predicted molar refractivity (Wildman–Crippen MR) is 90.1 cm³/mol. The smallest absolute Gasteiger partial charge is 0.340 e. The summed E-state index contributed by atoms with van der Waals surface area (Å²) in [6.45, 7) is 6.59. The van der Waals surface area contributed by atoms with Crippen LogP contribution in [0.15, 0.2) is 29.2 Å². The summed E-state index contributed by atoms with van der Waals surface area (Å²) in [4.78, 5) is 35.9. The number of amides is 3. The summed E-state index contributed by atoms with van der Waals surface area (Å²) in [5.74, 6) is -1.15. The van der Waals surface area contributed by atoms with Crippen molar-refractivity contribution in [2.75, 3.05) is 5.75 Å². The van der Waals surface area contributed by atoms with Gasteiger partial charge >= 0.3 is 12.0 Å². The monoisotopic (exact) mass is 354 g/mol. The third kappa shape index (κ3) is 5.77. The Kier molecular flexibility index (Phi) is 7.57. The Balaban J connectivity index is 2.76. The largest absolute Gasteiger partial charge is 0.449 e. The summed E-state index contributed by atoms with van der Waals surface area (Å²) in [7, 11) is -1.33. The Morgan fingerprint density at radius 1 is 1.17 bits per heavy atom. The fourth-order valence-electron chi connectivity index (χ4n) is 1.78. The Morgan fingerprint density at radius 3 is 2.38 bits per heavy atom. The SMILES string of the molecule is CC[S@](=O)c1ccccc1C(=O)O[C@@H](C)C(=O)NC(=O)NC(C)C. The van der Waals surface area contributed by atoms with Gasteiger partial charge in [-0.3, -0.25) is 14.3 Å². The summed E-state index contributed by atoms with van der Waals surface area (Å²) in [5, 5.41) is 4.58. The fourth-order valence-corrected chi connectivity index (χ4v) is 2.72. The van der Waals surface area contributed by atoms with Crippen molar-refractivity contribution in [2.24, 2.45) is 0 Å². The molecule has 0 aliphatic carbocycles. The third-order valence-corrected chi connectivity index (χ3v) is 4.29. The number of imide groups is 1. The average Bonchev–Trinajstić information content (AvgIpc) is 2.52. The van der Waals surface area contributed by atoms with E-state index in [0.29, 0.717) is 10.6 Å². The summed E-state index contributed by atoms with van der Waals surface area (Å²) >= 11 is 0. The predicted octanol–water partition coefficient (Wildman–Crippen LogP) is 1.59. The second-order valence-electron chi connectivity index (χ2n) is 5.30. The number of urea groups is 1. The minimum absolute atomic E-state index is 0.133. The van der Waals surface area contributed by atoms with E-state index in [0.717, 1.165) is 0 Å². The lowest BCUT2D eigenvalue weighted by molar-refractivity contribution is -0.127. The third-order valence-electron chi connectivity index (χ3n) is 2.92. The first-order valence-corrected chi connectivity index (χ1v) is 8.87. The first-order chi connectivity index (χ1) is 11.3. The lowest BCUT2D eigenvalue weighted by Crippen LogP contribution is -2.46. The van der Waals surface area contributed by atoms with E-state index in [9.17, 15) is 18.6 Å².